The zero-order chi connectivity index (χ0) is 25.3. The topological polar surface area (TPSA) is 52.2 Å². The van der Waals surface area contributed by atoms with Gasteiger partial charge in [0, 0.05) is 19.8 Å². The molecule has 0 atom stereocenters. The number of rotatable bonds is 15. The van der Waals surface area contributed by atoms with Crippen LogP contribution in [0.4, 0.5) is 0 Å². The van der Waals surface area contributed by atoms with Crippen molar-refractivity contribution in [1.29, 1.82) is 0 Å². The molecule has 1 saturated heterocycles. The fourth-order valence-electron chi connectivity index (χ4n) is 4.40. The predicted octanol–water partition coefficient (Wildman–Crippen LogP) is 4.52. The average molecular weight is 495 g/mol. The quantitative estimate of drug-likeness (QED) is 0.290. The van der Waals surface area contributed by atoms with Gasteiger partial charge in [0.1, 0.15) is 18.1 Å². The molecule has 6 nitrogen and oxygen atoms in total. The summed E-state index contributed by atoms with van der Waals surface area (Å²) in [6.45, 7) is 7.44. The van der Waals surface area contributed by atoms with Gasteiger partial charge in [-0.2, -0.15) is 0 Å². The van der Waals surface area contributed by atoms with Crippen molar-refractivity contribution >= 4 is 0 Å². The van der Waals surface area contributed by atoms with Gasteiger partial charge in [0.05, 0.1) is 32.9 Å². The van der Waals surface area contributed by atoms with E-state index in [4.69, 9.17) is 18.9 Å². The number of ether oxygens (including phenoxy) is 4. The highest BCUT2D eigenvalue weighted by atomic mass is 16.5. The Kier molecular flexibility index (Phi) is 13.2. The third-order valence-electron chi connectivity index (χ3n) is 6.50. The fraction of sp³-hybridized carbons (Fsp3) is 0.533. The molecule has 1 aliphatic rings. The van der Waals surface area contributed by atoms with E-state index in [1.807, 2.05) is 36.4 Å². The molecule has 1 aliphatic heterocycles. The molecule has 0 bridgehead atoms. The molecule has 0 aromatic heterocycles. The van der Waals surface area contributed by atoms with E-state index in [1.165, 1.54) is 18.4 Å². The lowest BCUT2D eigenvalue weighted by Gasteiger charge is -2.32. The van der Waals surface area contributed by atoms with Crippen LogP contribution < -0.4 is 14.8 Å². The average Bonchev–Trinajstić information content (AvgIpc) is 2.92. The number of nitrogens with one attached hydrogen (secondary N) is 1. The minimum absolute atomic E-state index is 0.497. The van der Waals surface area contributed by atoms with Crippen LogP contribution in [0.1, 0.15) is 36.8 Å². The molecule has 0 radical (unpaired) electrons. The Balaban J connectivity index is 1.17. The highest BCUT2D eigenvalue weighted by molar-refractivity contribution is 5.44. The summed E-state index contributed by atoms with van der Waals surface area (Å²) in [5.41, 5.74) is 2.35. The maximum atomic E-state index is 5.69. The first kappa shape index (κ1) is 28.0. The number of benzene rings is 2. The van der Waals surface area contributed by atoms with Gasteiger partial charge < -0.3 is 24.3 Å². The van der Waals surface area contributed by atoms with Gasteiger partial charge >= 0.3 is 0 Å². The minimum atomic E-state index is 0.497. The molecular weight excluding hydrogens is 452 g/mol. The van der Waals surface area contributed by atoms with Crippen LogP contribution in [0.15, 0.2) is 48.5 Å². The summed E-state index contributed by atoms with van der Waals surface area (Å²) in [4.78, 5) is 2.49. The van der Waals surface area contributed by atoms with Gasteiger partial charge in [-0.15, -0.1) is 0 Å². The first-order chi connectivity index (χ1) is 17.8. The molecule has 0 spiro atoms. The Morgan fingerprint density at radius 2 is 1.56 bits per heavy atom. The van der Waals surface area contributed by atoms with Crippen molar-refractivity contribution in [3.8, 4) is 23.3 Å². The number of unbranched alkanes of at least 4 members (excludes halogenated alkanes) is 1. The van der Waals surface area contributed by atoms with Crippen LogP contribution in [0.3, 0.4) is 0 Å². The Labute approximate surface area is 217 Å². The lowest BCUT2D eigenvalue weighted by Crippen LogP contribution is -2.37. The highest BCUT2D eigenvalue weighted by Crippen LogP contribution is 2.30. The summed E-state index contributed by atoms with van der Waals surface area (Å²) in [6, 6.07) is 16.2. The Morgan fingerprint density at radius 3 is 2.25 bits per heavy atom. The van der Waals surface area contributed by atoms with Gasteiger partial charge in [0.2, 0.25) is 0 Å². The SMILES string of the molecule is COc1cccc(OC)c1CN1CCC(CNCC#CCOCCCCOCc2ccccc2)CC1. The highest BCUT2D eigenvalue weighted by Gasteiger charge is 2.21. The van der Waals surface area contributed by atoms with E-state index < -0.39 is 0 Å². The van der Waals surface area contributed by atoms with Crippen molar-refractivity contribution in [3.05, 3.63) is 59.7 Å². The summed E-state index contributed by atoms with van der Waals surface area (Å²) < 4.78 is 22.4. The largest absolute Gasteiger partial charge is 0.496 e. The van der Waals surface area contributed by atoms with Crippen LogP contribution in [0, 0.1) is 17.8 Å². The summed E-state index contributed by atoms with van der Waals surface area (Å²) in [6.07, 6.45) is 4.39. The molecule has 0 amide bonds. The zero-order valence-electron chi connectivity index (χ0n) is 22.0. The van der Waals surface area contributed by atoms with Crippen molar-refractivity contribution in [2.75, 3.05) is 60.2 Å². The zero-order valence-corrected chi connectivity index (χ0v) is 22.0. The van der Waals surface area contributed by atoms with Crippen LogP contribution in [-0.4, -0.2) is 65.1 Å². The Morgan fingerprint density at radius 1 is 0.861 bits per heavy atom. The standard InChI is InChI=1S/C30H42N2O4/c1-33-29-13-10-14-30(34-2)28(29)24-32-18-15-26(16-19-32)23-31-17-6-7-20-35-21-8-9-22-36-25-27-11-4-3-5-12-27/h3-5,10-14,26,31H,8-9,15-25H2,1-2H3. The molecule has 2 aromatic carbocycles. The van der Waals surface area contributed by atoms with Gasteiger partial charge in [0.15, 0.2) is 0 Å². The molecule has 6 heteroatoms. The Bertz CT molecular complexity index is 895. The van der Waals surface area contributed by atoms with Crippen LogP contribution in [-0.2, 0) is 22.6 Å². The maximum Gasteiger partial charge on any atom is 0.127 e. The number of piperidine rings is 1. The second-order valence-electron chi connectivity index (χ2n) is 9.14. The third kappa shape index (κ3) is 10.2. The molecule has 0 unspecified atom stereocenters. The molecule has 36 heavy (non-hydrogen) atoms. The normalized spacial score (nSPS) is 14.3. The van der Waals surface area contributed by atoms with E-state index in [2.05, 4.69) is 34.2 Å². The van der Waals surface area contributed by atoms with Gasteiger partial charge in [-0.3, -0.25) is 4.90 Å². The third-order valence-corrected chi connectivity index (χ3v) is 6.50. The summed E-state index contributed by atoms with van der Waals surface area (Å²) >= 11 is 0. The molecule has 2 aromatic rings. The summed E-state index contributed by atoms with van der Waals surface area (Å²) in [5, 5.41) is 3.49. The van der Waals surface area contributed by atoms with Gasteiger partial charge in [-0.1, -0.05) is 48.2 Å². The van der Waals surface area contributed by atoms with Crippen molar-refractivity contribution < 1.29 is 18.9 Å². The van der Waals surface area contributed by atoms with Crippen molar-refractivity contribution in [3.63, 3.8) is 0 Å². The number of nitrogens with zero attached hydrogens (tertiary/aromatic N) is 1. The number of methoxy groups -OCH3 is 2. The number of hydrogen-bond acceptors (Lipinski definition) is 6. The summed E-state index contributed by atoms with van der Waals surface area (Å²) in [5.74, 6) is 8.77. The molecule has 1 fully saturated rings. The molecule has 196 valence electrons. The van der Waals surface area contributed by atoms with Crippen LogP contribution in [0.25, 0.3) is 0 Å². The molecule has 3 rings (SSSR count). The van der Waals surface area contributed by atoms with Gasteiger partial charge in [-0.05, 0) is 68.9 Å². The molecule has 0 saturated carbocycles. The molecule has 0 aliphatic carbocycles. The smallest absolute Gasteiger partial charge is 0.127 e. The van der Waals surface area contributed by atoms with E-state index in [1.54, 1.807) is 14.2 Å². The van der Waals surface area contributed by atoms with Crippen LogP contribution >= 0.6 is 0 Å². The second-order valence-corrected chi connectivity index (χ2v) is 9.14. The van der Waals surface area contributed by atoms with Crippen molar-refractivity contribution in [2.24, 2.45) is 5.92 Å². The first-order valence-corrected chi connectivity index (χ1v) is 13.1. The van der Waals surface area contributed by atoms with E-state index in [0.717, 1.165) is 75.8 Å². The van der Waals surface area contributed by atoms with E-state index in [9.17, 15) is 0 Å². The number of likely N-dealkylation sites (tertiary alicyclic amines) is 1. The minimum Gasteiger partial charge on any atom is -0.496 e. The molecule has 1 N–H and O–H groups in total. The van der Waals surface area contributed by atoms with Crippen LogP contribution in [0.2, 0.25) is 0 Å². The van der Waals surface area contributed by atoms with Crippen molar-refractivity contribution in [1.82, 2.24) is 10.2 Å². The molecular formula is C30H42N2O4. The fourth-order valence-corrected chi connectivity index (χ4v) is 4.40. The number of hydrogen-bond donors (Lipinski definition) is 1. The van der Waals surface area contributed by atoms with Crippen molar-refractivity contribution in [2.45, 2.75) is 38.8 Å². The van der Waals surface area contributed by atoms with Crippen LogP contribution in [0.5, 0.6) is 11.5 Å². The van der Waals surface area contributed by atoms with Gasteiger partial charge in [-0.25, -0.2) is 0 Å². The monoisotopic (exact) mass is 494 g/mol. The van der Waals surface area contributed by atoms with E-state index in [-0.39, 0.29) is 0 Å². The second kappa shape index (κ2) is 17.0. The predicted molar refractivity (Wildman–Crippen MR) is 144 cm³/mol. The molecule has 1 heterocycles. The lowest BCUT2D eigenvalue weighted by molar-refractivity contribution is 0.103. The van der Waals surface area contributed by atoms with E-state index in [0.29, 0.717) is 19.1 Å². The first-order valence-electron chi connectivity index (χ1n) is 13.1. The maximum absolute atomic E-state index is 5.69. The summed E-state index contributed by atoms with van der Waals surface area (Å²) in [7, 11) is 3.44. The van der Waals surface area contributed by atoms with E-state index >= 15 is 0 Å². The Hall–Kier alpha value is -2.56. The lowest BCUT2D eigenvalue weighted by atomic mass is 9.96. The van der Waals surface area contributed by atoms with Gasteiger partial charge in [0.25, 0.3) is 0 Å².